The van der Waals surface area contributed by atoms with Gasteiger partial charge < -0.3 is 10.2 Å². The van der Waals surface area contributed by atoms with E-state index < -0.39 is 10.1 Å². The smallest absolute Gasteiger partial charge is 0.221 e. The summed E-state index contributed by atoms with van der Waals surface area (Å²) in [6.45, 7) is 0. The van der Waals surface area contributed by atoms with Crippen molar-refractivity contribution in [2.45, 2.75) is 10.1 Å². The van der Waals surface area contributed by atoms with Crippen LogP contribution in [0.4, 0.5) is 0 Å². The molecule has 0 radical (unpaired) electrons. The number of hydrogen-bond acceptors (Lipinski definition) is 2. The van der Waals surface area contributed by atoms with Gasteiger partial charge in [0.15, 0.2) is 4.33 Å². The number of alkyl halides is 2. The topological polar surface area (TPSA) is 40.5 Å². The predicted octanol–water partition coefficient (Wildman–Crippen LogP) is 2.49. The van der Waals surface area contributed by atoms with E-state index in [0.717, 1.165) is 5.56 Å². The van der Waals surface area contributed by atoms with Crippen molar-refractivity contribution in [2.24, 2.45) is 0 Å². The van der Waals surface area contributed by atoms with Crippen LogP contribution in [0.3, 0.4) is 0 Å². The summed E-state index contributed by atoms with van der Waals surface area (Å²) in [7, 11) is 0. The fourth-order valence-electron chi connectivity index (χ4n) is 1.49. The number of benzene rings is 1. The second-order valence-electron chi connectivity index (χ2n) is 3.65. The number of allylic oxidation sites excluding steroid dienone is 2. The molecule has 4 heteroatoms. The monoisotopic (exact) mass is 256 g/mol. The lowest BCUT2D eigenvalue weighted by atomic mass is 9.95. The summed E-state index contributed by atoms with van der Waals surface area (Å²) >= 11 is 11.5. The number of halogens is 2. The van der Waals surface area contributed by atoms with Crippen LogP contribution in [-0.2, 0) is 0 Å². The fraction of sp³-hybridized carbons (Fsp3) is 0.167. The van der Waals surface area contributed by atoms with Crippen LogP contribution < -0.4 is 0 Å². The lowest BCUT2D eigenvalue weighted by molar-refractivity contribution is -0.120. The zero-order chi connectivity index (χ0) is 11.8. The van der Waals surface area contributed by atoms with Crippen LogP contribution in [0.5, 0.6) is 0 Å². The number of hydrogen-bond donors (Lipinski definition) is 2. The van der Waals surface area contributed by atoms with Gasteiger partial charge >= 0.3 is 0 Å². The molecule has 0 saturated carbocycles. The van der Waals surface area contributed by atoms with Gasteiger partial charge in [0.2, 0.25) is 5.79 Å². The van der Waals surface area contributed by atoms with E-state index in [0.29, 0.717) is 5.57 Å². The highest BCUT2D eigenvalue weighted by Gasteiger charge is 2.45. The van der Waals surface area contributed by atoms with Crippen LogP contribution in [-0.4, -0.2) is 20.3 Å². The summed E-state index contributed by atoms with van der Waals surface area (Å²) in [5, 5.41) is 19.4. The molecule has 0 saturated heterocycles. The first kappa shape index (κ1) is 11.7. The summed E-state index contributed by atoms with van der Waals surface area (Å²) in [5.74, 6) is -2.27. The molecule has 0 aliphatic heterocycles. The average molecular weight is 257 g/mol. The van der Waals surface area contributed by atoms with E-state index in [-0.39, 0.29) is 0 Å². The molecule has 0 heterocycles. The number of aliphatic hydroxyl groups is 2. The molecular weight excluding hydrogens is 247 g/mol. The van der Waals surface area contributed by atoms with Gasteiger partial charge in [-0.25, -0.2) is 0 Å². The van der Waals surface area contributed by atoms with Gasteiger partial charge in [-0.1, -0.05) is 59.6 Å². The van der Waals surface area contributed by atoms with Crippen molar-refractivity contribution >= 4 is 28.8 Å². The minimum atomic E-state index is -2.27. The predicted molar refractivity (Wildman–Crippen MR) is 65.2 cm³/mol. The third-order valence-corrected chi connectivity index (χ3v) is 3.23. The zero-order valence-corrected chi connectivity index (χ0v) is 9.78. The Balaban J connectivity index is 2.41. The Labute approximate surface area is 103 Å². The van der Waals surface area contributed by atoms with Crippen molar-refractivity contribution in [1.82, 2.24) is 0 Å². The third-order valence-electron chi connectivity index (χ3n) is 2.43. The van der Waals surface area contributed by atoms with Gasteiger partial charge in [-0.15, -0.1) is 0 Å². The second-order valence-corrected chi connectivity index (χ2v) is 5.03. The molecular formula is C12H10Cl2O2. The zero-order valence-electron chi connectivity index (χ0n) is 8.27. The molecule has 0 amide bonds. The van der Waals surface area contributed by atoms with Crippen molar-refractivity contribution < 1.29 is 10.2 Å². The fourth-order valence-corrected chi connectivity index (χ4v) is 1.72. The molecule has 16 heavy (non-hydrogen) atoms. The van der Waals surface area contributed by atoms with Gasteiger partial charge in [0.05, 0.1) is 0 Å². The average Bonchev–Trinajstić information content (AvgIpc) is 2.23. The van der Waals surface area contributed by atoms with Gasteiger partial charge in [-0.3, -0.25) is 0 Å². The van der Waals surface area contributed by atoms with E-state index in [1.807, 2.05) is 30.3 Å². The van der Waals surface area contributed by atoms with Crippen LogP contribution in [0.15, 0.2) is 48.6 Å². The van der Waals surface area contributed by atoms with Gasteiger partial charge in [0, 0.05) is 0 Å². The molecule has 2 N–H and O–H groups in total. The first-order chi connectivity index (χ1) is 7.42. The van der Waals surface area contributed by atoms with E-state index >= 15 is 0 Å². The molecule has 0 unspecified atom stereocenters. The van der Waals surface area contributed by atoms with Crippen LogP contribution in [0.1, 0.15) is 5.56 Å². The molecule has 0 aromatic heterocycles. The lowest BCUT2D eigenvalue weighted by Crippen LogP contribution is -2.44. The first-order valence-electron chi connectivity index (χ1n) is 4.72. The standard InChI is InChI=1S/C12H10Cl2O2/c13-11(14)7-6-10(8-12(11,15)16)9-4-2-1-3-5-9/h1-8,15-16H. The van der Waals surface area contributed by atoms with Gasteiger partial charge in [0.25, 0.3) is 0 Å². The molecule has 0 atom stereocenters. The van der Waals surface area contributed by atoms with E-state index in [1.165, 1.54) is 12.2 Å². The van der Waals surface area contributed by atoms with Crippen molar-refractivity contribution in [1.29, 1.82) is 0 Å². The second kappa shape index (κ2) is 3.90. The highest BCUT2D eigenvalue weighted by atomic mass is 35.5. The van der Waals surface area contributed by atoms with Crippen molar-refractivity contribution in [3.8, 4) is 0 Å². The van der Waals surface area contributed by atoms with Crippen molar-refractivity contribution in [3.05, 3.63) is 54.1 Å². The van der Waals surface area contributed by atoms with Gasteiger partial charge in [-0.2, -0.15) is 0 Å². The minimum absolute atomic E-state index is 0.669. The van der Waals surface area contributed by atoms with Crippen LogP contribution in [0.2, 0.25) is 0 Å². The van der Waals surface area contributed by atoms with E-state index in [2.05, 4.69) is 0 Å². The Morgan fingerprint density at radius 3 is 2.19 bits per heavy atom. The summed E-state index contributed by atoms with van der Waals surface area (Å²) < 4.78 is -1.72. The summed E-state index contributed by atoms with van der Waals surface area (Å²) in [5.41, 5.74) is 1.54. The van der Waals surface area contributed by atoms with Crippen LogP contribution >= 0.6 is 23.2 Å². The molecule has 1 aromatic carbocycles. The summed E-state index contributed by atoms with van der Waals surface area (Å²) in [6.07, 6.45) is 4.26. The molecule has 0 fully saturated rings. The minimum Gasteiger partial charge on any atom is -0.360 e. The SMILES string of the molecule is OC1(O)C=C(c2ccccc2)C=CC1(Cl)Cl. The van der Waals surface area contributed by atoms with Crippen molar-refractivity contribution in [3.63, 3.8) is 0 Å². The Kier molecular flexibility index (Phi) is 2.84. The van der Waals surface area contributed by atoms with Crippen LogP contribution in [0, 0.1) is 0 Å². The molecule has 1 aliphatic rings. The molecule has 1 aromatic rings. The van der Waals surface area contributed by atoms with Crippen LogP contribution in [0.25, 0.3) is 5.57 Å². The molecule has 0 bridgehead atoms. The Morgan fingerprint density at radius 2 is 1.62 bits per heavy atom. The molecule has 0 spiro atoms. The molecule has 2 nitrogen and oxygen atoms in total. The Morgan fingerprint density at radius 1 is 1.00 bits per heavy atom. The maximum Gasteiger partial charge on any atom is 0.221 e. The molecule has 2 rings (SSSR count). The maximum atomic E-state index is 9.70. The molecule has 84 valence electrons. The molecule has 1 aliphatic carbocycles. The highest BCUT2D eigenvalue weighted by molar-refractivity contribution is 6.51. The van der Waals surface area contributed by atoms with E-state index in [4.69, 9.17) is 23.2 Å². The van der Waals surface area contributed by atoms with Gasteiger partial charge in [0.1, 0.15) is 0 Å². The normalized spacial score (nSPS) is 21.6. The van der Waals surface area contributed by atoms with Gasteiger partial charge in [-0.05, 0) is 23.3 Å². The lowest BCUT2D eigenvalue weighted by Gasteiger charge is -2.32. The number of rotatable bonds is 1. The maximum absolute atomic E-state index is 9.70. The highest BCUT2D eigenvalue weighted by Crippen LogP contribution is 2.40. The quantitative estimate of drug-likeness (QED) is 0.599. The summed E-state index contributed by atoms with van der Waals surface area (Å²) in [6, 6.07) is 9.34. The third kappa shape index (κ3) is 2.02. The van der Waals surface area contributed by atoms with E-state index in [1.54, 1.807) is 6.08 Å². The van der Waals surface area contributed by atoms with E-state index in [9.17, 15) is 10.2 Å². The summed E-state index contributed by atoms with van der Waals surface area (Å²) in [4.78, 5) is 0. The largest absolute Gasteiger partial charge is 0.360 e. The van der Waals surface area contributed by atoms with Crippen molar-refractivity contribution in [2.75, 3.05) is 0 Å². The Bertz CT molecular complexity index is 447. The Hall–Kier alpha value is -0.800. The first-order valence-corrected chi connectivity index (χ1v) is 5.48.